The summed E-state index contributed by atoms with van der Waals surface area (Å²) in [5, 5.41) is 13.8. The minimum absolute atomic E-state index is 0.0322. The summed E-state index contributed by atoms with van der Waals surface area (Å²) in [6, 6.07) is 13.4. The molecule has 2 aliphatic heterocycles. The first kappa shape index (κ1) is 29.1. The maximum atomic E-state index is 13.8. The summed E-state index contributed by atoms with van der Waals surface area (Å²) in [4.78, 5) is 31.5. The Hall–Kier alpha value is -2.45. The molecule has 6 nitrogen and oxygen atoms in total. The van der Waals surface area contributed by atoms with E-state index in [0.29, 0.717) is 29.6 Å². The third-order valence-electron chi connectivity index (χ3n) is 8.50. The maximum absolute atomic E-state index is 13.8. The van der Waals surface area contributed by atoms with Crippen LogP contribution < -0.4 is 10.6 Å². The van der Waals surface area contributed by atoms with Gasteiger partial charge >= 0.3 is 0 Å². The summed E-state index contributed by atoms with van der Waals surface area (Å²) < 4.78 is 0. The van der Waals surface area contributed by atoms with Crippen molar-refractivity contribution in [3.05, 3.63) is 69.4 Å². The molecule has 2 aliphatic rings. The van der Waals surface area contributed by atoms with E-state index in [2.05, 4.69) is 44.2 Å². The van der Waals surface area contributed by atoms with Crippen LogP contribution in [0, 0.1) is 0 Å². The van der Waals surface area contributed by atoms with E-state index in [1.807, 2.05) is 36.4 Å². The molecular weight excluding hydrogens is 540 g/mol. The molecule has 0 saturated carbocycles. The summed E-state index contributed by atoms with van der Waals surface area (Å²) in [7, 11) is 0. The molecule has 1 aromatic heterocycles. The predicted octanol–water partition coefficient (Wildman–Crippen LogP) is 5.91. The van der Waals surface area contributed by atoms with E-state index in [1.54, 1.807) is 11.3 Å². The molecule has 5 rings (SSSR count). The Balaban J connectivity index is 1.25. The standard InChI is InChI=1S/C32H41ClN4O2S/c1-2-23(27-12-17-40-22-27)21-37-16-10-29(35-30(32(37)39)11-15-36-13-4-3-5-14-36)20-34-31(38)26-7-6-25-19-28(33)9-8-24(25)18-26/h6-9,12,17-19,22-23,29-30,35H,2-5,10-11,13-16,20-21H2,1H3,(H,34,38)/t23-,29+,30+/m0/s1. The van der Waals surface area contributed by atoms with Crippen LogP contribution in [0.1, 0.15) is 67.3 Å². The lowest BCUT2D eigenvalue weighted by Gasteiger charge is -2.31. The summed E-state index contributed by atoms with van der Waals surface area (Å²) >= 11 is 7.83. The zero-order valence-electron chi connectivity index (χ0n) is 23.4. The Morgan fingerprint density at radius 3 is 2.67 bits per heavy atom. The molecule has 0 aliphatic carbocycles. The smallest absolute Gasteiger partial charge is 0.251 e. The largest absolute Gasteiger partial charge is 0.350 e. The summed E-state index contributed by atoms with van der Waals surface area (Å²) in [5.41, 5.74) is 1.95. The molecule has 2 aromatic carbocycles. The molecule has 214 valence electrons. The molecule has 0 radical (unpaired) electrons. The number of halogens is 1. The predicted molar refractivity (Wildman–Crippen MR) is 165 cm³/mol. The van der Waals surface area contributed by atoms with Crippen LogP contribution in [0.15, 0.2) is 53.2 Å². The highest BCUT2D eigenvalue weighted by Gasteiger charge is 2.32. The van der Waals surface area contributed by atoms with Gasteiger partial charge in [0, 0.05) is 48.7 Å². The molecule has 2 N–H and O–H groups in total. The number of carbonyl (C=O) groups excluding carboxylic acids is 2. The van der Waals surface area contributed by atoms with Gasteiger partial charge in [0.15, 0.2) is 0 Å². The highest BCUT2D eigenvalue weighted by atomic mass is 35.5. The number of hydrogen-bond donors (Lipinski definition) is 2. The van der Waals surface area contributed by atoms with Crippen LogP contribution in [0.25, 0.3) is 10.8 Å². The van der Waals surface area contributed by atoms with Gasteiger partial charge in [-0.3, -0.25) is 9.59 Å². The van der Waals surface area contributed by atoms with Gasteiger partial charge in [0.25, 0.3) is 5.91 Å². The van der Waals surface area contributed by atoms with E-state index in [-0.39, 0.29) is 23.9 Å². The maximum Gasteiger partial charge on any atom is 0.251 e. The third kappa shape index (κ3) is 7.43. The van der Waals surface area contributed by atoms with Crippen molar-refractivity contribution < 1.29 is 9.59 Å². The summed E-state index contributed by atoms with van der Waals surface area (Å²) in [5.74, 6) is 0.448. The molecule has 0 unspecified atom stereocenters. The Morgan fingerprint density at radius 2 is 1.90 bits per heavy atom. The molecule has 2 fully saturated rings. The van der Waals surface area contributed by atoms with Crippen molar-refractivity contribution in [2.75, 3.05) is 39.3 Å². The van der Waals surface area contributed by atoms with Crippen molar-refractivity contribution in [1.82, 2.24) is 20.4 Å². The number of nitrogens with zero attached hydrogens (tertiary/aromatic N) is 2. The van der Waals surface area contributed by atoms with E-state index in [0.717, 1.165) is 56.2 Å². The molecule has 3 atom stereocenters. The fourth-order valence-corrected chi connectivity index (χ4v) is 6.97. The Bertz CT molecular complexity index is 1280. The first-order valence-electron chi connectivity index (χ1n) is 14.8. The lowest BCUT2D eigenvalue weighted by molar-refractivity contribution is -0.133. The summed E-state index contributed by atoms with van der Waals surface area (Å²) in [6.45, 7) is 7.31. The SMILES string of the molecule is CC[C@@H](CN1CC[C@H](CNC(=O)c2ccc3cc(Cl)ccc3c2)N[C@H](CCN2CCCCC2)C1=O)c1ccsc1. The van der Waals surface area contributed by atoms with Crippen molar-refractivity contribution >= 4 is 45.5 Å². The molecule has 2 saturated heterocycles. The van der Waals surface area contributed by atoms with Gasteiger partial charge in [0.2, 0.25) is 5.91 Å². The summed E-state index contributed by atoms with van der Waals surface area (Å²) in [6.07, 6.45) is 6.40. The number of thiophene rings is 1. The van der Waals surface area contributed by atoms with Gasteiger partial charge in [-0.05, 0) is 103 Å². The average molecular weight is 581 g/mol. The molecule has 0 spiro atoms. The third-order valence-corrected chi connectivity index (χ3v) is 9.44. The van der Waals surface area contributed by atoms with Crippen LogP contribution in [0.5, 0.6) is 0 Å². The van der Waals surface area contributed by atoms with Crippen LogP contribution in [-0.2, 0) is 4.79 Å². The second-order valence-corrected chi connectivity index (χ2v) is 12.5. The van der Waals surface area contributed by atoms with Crippen LogP contribution in [-0.4, -0.2) is 73.0 Å². The average Bonchev–Trinajstić information content (AvgIpc) is 3.47. The molecule has 0 bridgehead atoms. The number of rotatable bonds is 10. The highest BCUT2D eigenvalue weighted by Crippen LogP contribution is 2.25. The number of hydrogen-bond acceptors (Lipinski definition) is 5. The number of fused-ring (bicyclic) bond motifs is 1. The van der Waals surface area contributed by atoms with Crippen molar-refractivity contribution in [2.24, 2.45) is 0 Å². The van der Waals surface area contributed by atoms with Crippen molar-refractivity contribution in [2.45, 2.75) is 63.5 Å². The van der Waals surface area contributed by atoms with Gasteiger partial charge < -0.3 is 20.4 Å². The first-order valence-corrected chi connectivity index (χ1v) is 16.1. The van der Waals surface area contributed by atoms with Crippen molar-refractivity contribution in [1.29, 1.82) is 0 Å². The highest BCUT2D eigenvalue weighted by molar-refractivity contribution is 7.08. The molecule has 8 heteroatoms. The minimum Gasteiger partial charge on any atom is -0.350 e. The van der Waals surface area contributed by atoms with Gasteiger partial charge in [0.05, 0.1) is 6.04 Å². The fourth-order valence-electron chi connectivity index (χ4n) is 6.04. The zero-order chi connectivity index (χ0) is 27.9. The van der Waals surface area contributed by atoms with Crippen molar-refractivity contribution in [3.8, 4) is 0 Å². The molecule has 2 amide bonds. The zero-order valence-corrected chi connectivity index (χ0v) is 25.0. The van der Waals surface area contributed by atoms with E-state index in [9.17, 15) is 9.59 Å². The van der Waals surface area contributed by atoms with Crippen LogP contribution in [0.4, 0.5) is 0 Å². The molecular formula is C32H41ClN4O2S. The van der Waals surface area contributed by atoms with Gasteiger partial charge in [-0.1, -0.05) is 37.1 Å². The second kappa shape index (κ2) is 13.9. The van der Waals surface area contributed by atoms with Crippen LogP contribution in [0.3, 0.4) is 0 Å². The van der Waals surface area contributed by atoms with Gasteiger partial charge in [-0.25, -0.2) is 0 Å². The lowest BCUT2D eigenvalue weighted by Crippen LogP contribution is -2.50. The van der Waals surface area contributed by atoms with Crippen LogP contribution in [0.2, 0.25) is 5.02 Å². The number of benzene rings is 2. The monoisotopic (exact) mass is 580 g/mol. The van der Waals surface area contributed by atoms with E-state index in [4.69, 9.17) is 11.6 Å². The van der Waals surface area contributed by atoms with E-state index < -0.39 is 0 Å². The Kier molecular flexibility index (Phi) is 10.1. The van der Waals surface area contributed by atoms with Gasteiger partial charge in [-0.15, -0.1) is 0 Å². The normalized spacial score (nSPS) is 21.4. The molecule has 40 heavy (non-hydrogen) atoms. The number of amides is 2. The topological polar surface area (TPSA) is 64.7 Å². The second-order valence-electron chi connectivity index (χ2n) is 11.3. The quantitative estimate of drug-likeness (QED) is 0.313. The van der Waals surface area contributed by atoms with Gasteiger partial charge in [0.1, 0.15) is 0 Å². The Labute approximate surface area is 247 Å². The number of nitrogens with one attached hydrogen (secondary N) is 2. The molecule has 3 aromatic rings. The van der Waals surface area contributed by atoms with Gasteiger partial charge in [-0.2, -0.15) is 11.3 Å². The first-order chi connectivity index (χ1) is 19.5. The fraction of sp³-hybridized carbons (Fsp3) is 0.500. The van der Waals surface area contributed by atoms with E-state index >= 15 is 0 Å². The van der Waals surface area contributed by atoms with E-state index in [1.165, 1.54) is 24.8 Å². The van der Waals surface area contributed by atoms with Crippen molar-refractivity contribution in [3.63, 3.8) is 0 Å². The number of piperidine rings is 1. The minimum atomic E-state index is -0.239. The number of likely N-dealkylation sites (tertiary alicyclic amines) is 1. The number of carbonyl (C=O) groups is 2. The Morgan fingerprint density at radius 1 is 1.10 bits per heavy atom. The lowest BCUT2D eigenvalue weighted by atomic mass is 9.98. The molecule has 3 heterocycles. The van der Waals surface area contributed by atoms with Crippen LogP contribution >= 0.6 is 22.9 Å².